The summed E-state index contributed by atoms with van der Waals surface area (Å²) in [5.41, 5.74) is 0.713. The number of hydrogen-bond donors (Lipinski definition) is 3. The first-order valence-electron chi connectivity index (χ1n) is 6.93. The molecule has 0 bridgehead atoms. The number of non-ortho nitro benzene ring substituents is 1. The summed E-state index contributed by atoms with van der Waals surface area (Å²) in [5, 5.41) is 17.8. The largest absolute Gasteiger partial charge is 0.347 e. The number of H-pyrrole nitrogens is 1. The molecule has 2 aromatic rings. The van der Waals surface area contributed by atoms with Gasteiger partial charge in [0.2, 0.25) is 0 Å². The lowest BCUT2D eigenvalue weighted by molar-refractivity contribution is -0.383. The number of carbonyl (C=O) groups is 1. The average Bonchev–Trinajstić information content (AvgIpc) is 2.92. The second-order valence-corrected chi connectivity index (χ2v) is 5.20. The molecular weight excluding hydrogens is 272 g/mol. The zero-order valence-electron chi connectivity index (χ0n) is 11.4. The van der Waals surface area contributed by atoms with Crippen LogP contribution in [0.3, 0.4) is 0 Å². The molecule has 0 unspecified atom stereocenters. The molecule has 1 aromatic heterocycles. The number of nitrogens with zero attached hydrogens (tertiary/aromatic N) is 1. The minimum Gasteiger partial charge on any atom is -0.347 e. The number of aromatic nitrogens is 1. The standard InChI is InChI=1S/C14H16N4O3/c19-14(16-10-4-2-6-15-8-10)11-7-9-3-1-5-12(18(20)21)13(9)17-11/h1,3,5,7,10,15,17H,2,4,6,8H2,(H,16,19)/t10-/m1/s1. The summed E-state index contributed by atoms with van der Waals surface area (Å²) in [6.07, 6.45) is 1.97. The van der Waals surface area contributed by atoms with Crippen LogP contribution < -0.4 is 10.6 Å². The van der Waals surface area contributed by atoms with Crippen LogP contribution in [0.5, 0.6) is 0 Å². The highest BCUT2D eigenvalue weighted by molar-refractivity contribution is 6.00. The molecule has 1 fully saturated rings. The molecular formula is C14H16N4O3. The zero-order chi connectivity index (χ0) is 14.8. The molecule has 2 heterocycles. The van der Waals surface area contributed by atoms with Gasteiger partial charge < -0.3 is 15.6 Å². The van der Waals surface area contributed by atoms with Crippen molar-refractivity contribution < 1.29 is 9.72 Å². The molecule has 1 atom stereocenters. The molecule has 1 aromatic carbocycles. The quantitative estimate of drug-likeness (QED) is 0.589. The zero-order valence-corrected chi connectivity index (χ0v) is 11.4. The Kier molecular flexibility index (Phi) is 3.57. The van der Waals surface area contributed by atoms with Crippen molar-refractivity contribution >= 4 is 22.5 Å². The van der Waals surface area contributed by atoms with E-state index in [1.54, 1.807) is 18.2 Å². The number of carbonyl (C=O) groups excluding carboxylic acids is 1. The molecule has 7 nitrogen and oxygen atoms in total. The van der Waals surface area contributed by atoms with Gasteiger partial charge in [0.25, 0.3) is 11.6 Å². The van der Waals surface area contributed by atoms with Crippen LogP contribution in [0.2, 0.25) is 0 Å². The van der Waals surface area contributed by atoms with Crippen molar-refractivity contribution in [3.63, 3.8) is 0 Å². The summed E-state index contributed by atoms with van der Waals surface area (Å²) in [6, 6.07) is 6.53. The summed E-state index contributed by atoms with van der Waals surface area (Å²) in [4.78, 5) is 25.6. The molecule has 3 N–H and O–H groups in total. The lowest BCUT2D eigenvalue weighted by Crippen LogP contribution is -2.45. The maximum absolute atomic E-state index is 12.2. The van der Waals surface area contributed by atoms with E-state index in [2.05, 4.69) is 15.6 Å². The molecule has 1 aliphatic heterocycles. The molecule has 110 valence electrons. The lowest BCUT2D eigenvalue weighted by atomic mass is 10.1. The van der Waals surface area contributed by atoms with Crippen LogP contribution in [0.15, 0.2) is 24.3 Å². The molecule has 1 amide bonds. The molecule has 7 heteroatoms. The maximum atomic E-state index is 12.2. The van der Waals surface area contributed by atoms with Crippen LogP contribution in [0, 0.1) is 10.1 Å². The normalized spacial score (nSPS) is 18.6. The van der Waals surface area contributed by atoms with E-state index < -0.39 is 4.92 Å². The molecule has 0 radical (unpaired) electrons. The second kappa shape index (κ2) is 5.53. The highest BCUT2D eigenvalue weighted by Gasteiger charge is 2.20. The number of nitro benzene ring substituents is 1. The topological polar surface area (TPSA) is 100 Å². The molecule has 1 saturated heterocycles. The molecule has 0 saturated carbocycles. The number of nitro groups is 1. The second-order valence-electron chi connectivity index (χ2n) is 5.20. The summed E-state index contributed by atoms with van der Waals surface area (Å²) < 4.78 is 0. The summed E-state index contributed by atoms with van der Waals surface area (Å²) in [7, 11) is 0. The van der Waals surface area contributed by atoms with E-state index in [0.29, 0.717) is 16.6 Å². The van der Waals surface area contributed by atoms with Crippen LogP contribution in [-0.4, -0.2) is 34.9 Å². The molecule has 1 aliphatic rings. The van der Waals surface area contributed by atoms with Gasteiger partial charge in [-0.15, -0.1) is 0 Å². The van der Waals surface area contributed by atoms with Crippen molar-refractivity contribution in [1.29, 1.82) is 0 Å². The van der Waals surface area contributed by atoms with E-state index in [1.807, 2.05) is 0 Å². The van der Waals surface area contributed by atoms with E-state index in [1.165, 1.54) is 6.07 Å². The number of rotatable bonds is 3. The number of benzene rings is 1. The number of piperidine rings is 1. The average molecular weight is 288 g/mol. The number of nitrogens with one attached hydrogen (secondary N) is 3. The van der Waals surface area contributed by atoms with E-state index >= 15 is 0 Å². The summed E-state index contributed by atoms with van der Waals surface area (Å²) in [6.45, 7) is 1.73. The fourth-order valence-electron chi connectivity index (χ4n) is 2.65. The minimum atomic E-state index is -0.453. The van der Waals surface area contributed by atoms with Crippen molar-refractivity contribution in [2.75, 3.05) is 13.1 Å². The van der Waals surface area contributed by atoms with Crippen molar-refractivity contribution in [1.82, 2.24) is 15.6 Å². The first-order valence-corrected chi connectivity index (χ1v) is 6.93. The van der Waals surface area contributed by atoms with Crippen LogP contribution in [0.25, 0.3) is 10.9 Å². The number of fused-ring (bicyclic) bond motifs is 1. The molecule has 0 aliphatic carbocycles. The summed E-state index contributed by atoms with van der Waals surface area (Å²) >= 11 is 0. The maximum Gasteiger partial charge on any atom is 0.293 e. The van der Waals surface area contributed by atoms with E-state index in [-0.39, 0.29) is 17.6 Å². The van der Waals surface area contributed by atoms with Crippen LogP contribution >= 0.6 is 0 Å². The van der Waals surface area contributed by atoms with E-state index in [4.69, 9.17) is 0 Å². The van der Waals surface area contributed by atoms with Gasteiger partial charge in [0, 0.05) is 24.0 Å². The van der Waals surface area contributed by atoms with Gasteiger partial charge in [-0.2, -0.15) is 0 Å². The predicted molar refractivity (Wildman–Crippen MR) is 78.3 cm³/mol. The molecule has 21 heavy (non-hydrogen) atoms. The van der Waals surface area contributed by atoms with Crippen molar-refractivity contribution in [3.8, 4) is 0 Å². The first kappa shape index (κ1) is 13.6. The van der Waals surface area contributed by atoms with Gasteiger partial charge in [0.1, 0.15) is 11.2 Å². The van der Waals surface area contributed by atoms with Gasteiger partial charge in [0.05, 0.1) is 4.92 Å². The minimum absolute atomic E-state index is 0.0223. The summed E-state index contributed by atoms with van der Waals surface area (Å²) in [5.74, 6) is -0.228. The third-order valence-corrected chi connectivity index (χ3v) is 3.71. The van der Waals surface area contributed by atoms with Crippen LogP contribution in [-0.2, 0) is 0 Å². The Balaban J connectivity index is 1.85. The Labute approximate surface area is 120 Å². The van der Waals surface area contributed by atoms with E-state index in [0.717, 1.165) is 25.9 Å². The smallest absolute Gasteiger partial charge is 0.293 e. The number of aromatic amines is 1. The lowest BCUT2D eigenvalue weighted by Gasteiger charge is -2.23. The fraction of sp³-hybridized carbons (Fsp3) is 0.357. The predicted octanol–water partition coefficient (Wildman–Crippen LogP) is 1.56. The Morgan fingerprint density at radius 1 is 1.43 bits per heavy atom. The fourth-order valence-corrected chi connectivity index (χ4v) is 2.65. The van der Waals surface area contributed by atoms with Crippen molar-refractivity contribution in [3.05, 3.63) is 40.1 Å². The first-order chi connectivity index (χ1) is 10.1. The Hall–Kier alpha value is -2.41. The van der Waals surface area contributed by atoms with Crippen molar-refractivity contribution in [2.45, 2.75) is 18.9 Å². The monoisotopic (exact) mass is 288 g/mol. The highest BCUT2D eigenvalue weighted by Crippen LogP contribution is 2.25. The number of amides is 1. The van der Waals surface area contributed by atoms with Gasteiger partial charge >= 0.3 is 0 Å². The van der Waals surface area contributed by atoms with Crippen molar-refractivity contribution in [2.24, 2.45) is 0 Å². The Morgan fingerprint density at radius 2 is 2.29 bits per heavy atom. The highest BCUT2D eigenvalue weighted by atomic mass is 16.6. The SMILES string of the molecule is O=C(N[C@@H]1CCCNC1)c1cc2cccc([N+](=O)[O-])c2[nH]1. The Bertz CT molecular complexity index is 689. The van der Waals surface area contributed by atoms with Gasteiger partial charge in [-0.3, -0.25) is 14.9 Å². The van der Waals surface area contributed by atoms with Gasteiger partial charge in [-0.25, -0.2) is 0 Å². The van der Waals surface area contributed by atoms with E-state index in [9.17, 15) is 14.9 Å². The number of para-hydroxylation sites is 1. The number of hydrogen-bond acceptors (Lipinski definition) is 4. The molecule has 0 spiro atoms. The van der Waals surface area contributed by atoms with Gasteiger partial charge in [-0.05, 0) is 25.5 Å². The Morgan fingerprint density at radius 3 is 3.00 bits per heavy atom. The van der Waals surface area contributed by atoms with Gasteiger partial charge in [0.15, 0.2) is 0 Å². The van der Waals surface area contributed by atoms with Crippen LogP contribution in [0.1, 0.15) is 23.3 Å². The van der Waals surface area contributed by atoms with Crippen LogP contribution in [0.4, 0.5) is 5.69 Å². The third-order valence-electron chi connectivity index (χ3n) is 3.71. The molecule has 3 rings (SSSR count). The van der Waals surface area contributed by atoms with Gasteiger partial charge in [-0.1, -0.05) is 12.1 Å². The third kappa shape index (κ3) is 2.73.